The summed E-state index contributed by atoms with van der Waals surface area (Å²) in [4.78, 5) is 31.3. The van der Waals surface area contributed by atoms with E-state index in [9.17, 15) is 9.90 Å². The molecule has 11 nitrogen and oxygen atoms in total. The number of aryl methyl sites for hydroxylation is 2. The molecule has 1 fully saturated rings. The van der Waals surface area contributed by atoms with Gasteiger partial charge in [0.1, 0.15) is 5.69 Å². The van der Waals surface area contributed by atoms with Crippen molar-refractivity contribution in [3.8, 4) is 0 Å². The smallest absolute Gasteiger partial charge is 0.253 e. The van der Waals surface area contributed by atoms with Crippen molar-refractivity contribution in [2.24, 2.45) is 4.99 Å². The number of aromatic nitrogens is 3. The second-order valence-corrected chi connectivity index (χ2v) is 10.5. The van der Waals surface area contributed by atoms with Gasteiger partial charge in [-0.05, 0) is 62.3 Å². The van der Waals surface area contributed by atoms with Gasteiger partial charge in [-0.1, -0.05) is 11.6 Å². The normalized spacial score (nSPS) is 19.4. The molecule has 1 unspecified atom stereocenters. The number of nitrogen functional groups attached to an aromatic ring is 2. The zero-order chi connectivity index (χ0) is 25.7. The molecule has 1 aromatic carbocycles. The van der Waals surface area contributed by atoms with E-state index in [1.165, 1.54) is 29.5 Å². The van der Waals surface area contributed by atoms with E-state index in [0.717, 1.165) is 36.8 Å². The number of piperidine rings is 1. The van der Waals surface area contributed by atoms with Gasteiger partial charge in [-0.15, -0.1) is 0 Å². The van der Waals surface area contributed by atoms with Crippen molar-refractivity contribution in [2.45, 2.75) is 50.3 Å². The van der Waals surface area contributed by atoms with E-state index in [4.69, 9.17) is 23.1 Å². The molecular formula is C25H30ClN9O2. The zero-order valence-electron chi connectivity index (χ0n) is 20.4. The van der Waals surface area contributed by atoms with Crippen LogP contribution in [0.3, 0.4) is 0 Å². The zero-order valence-corrected chi connectivity index (χ0v) is 21.1. The van der Waals surface area contributed by atoms with Crippen molar-refractivity contribution < 1.29 is 9.90 Å². The average molecular weight is 524 g/mol. The Morgan fingerprint density at radius 1 is 1.16 bits per heavy atom. The van der Waals surface area contributed by atoms with Crippen LogP contribution in [0.15, 0.2) is 23.2 Å². The van der Waals surface area contributed by atoms with Gasteiger partial charge < -0.3 is 37.1 Å². The molecule has 1 amide bonds. The summed E-state index contributed by atoms with van der Waals surface area (Å²) in [5, 5.41) is 18.0. The number of hydrogen-bond donors (Lipinski definition) is 6. The van der Waals surface area contributed by atoms with Crippen LogP contribution in [0.1, 0.15) is 59.2 Å². The third-order valence-corrected chi connectivity index (χ3v) is 8.02. The van der Waals surface area contributed by atoms with Crippen LogP contribution in [0.2, 0.25) is 5.15 Å². The first kappa shape index (κ1) is 23.8. The summed E-state index contributed by atoms with van der Waals surface area (Å²) in [6, 6.07) is 6.02. The van der Waals surface area contributed by atoms with Crippen LogP contribution in [-0.2, 0) is 12.8 Å². The number of carbonyl (C=O) groups is 1. The van der Waals surface area contributed by atoms with E-state index in [1.54, 1.807) is 0 Å². The minimum absolute atomic E-state index is 0.000844. The van der Waals surface area contributed by atoms with Crippen LogP contribution in [0.4, 0.5) is 11.6 Å². The first-order valence-electron chi connectivity index (χ1n) is 12.6. The fourth-order valence-corrected chi connectivity index (χ4v) is 5.77. The number of nitrogens with zero attached hydrogens (tertiary/aromatic N) is 4. The first-order valence-corrected chi connectivity index (χ1v) is 13.0. The molecular weight excluding hydrogens is 494 g/mol. The number of anilines is 2. The van der Waals surface area contributed by atoms with Gasteiger partial charge >= 0.3 is 0 Å². The number of likely N-dealkylation sites (tertiary alicyclic amines) is 1. The SMILES string of the molecule is Nc1nc(N)c(C(O)NC2=NCC3(CCN(C(=O)c4ccc5[nH]c6c(c5c4)CCCC6)CC3)N2)nc1Cl. The monoisotopic (exact) mass is 523 g/mol. The van der Waals surface area contributed by atoms with Crippen LogP contribution >= 0.6 is 11.6 Å². The number of aliphatic hydroxyl groups is 1. The molecule has 3 aliphatic rings. The lowest BCUT2D eigenvalue weighted by molar-refractivity contribution is 0.0668. The first-order chi connectivity index (χ1) is 17.8. The number of aliphatic imine (C=N–C) groups is 1. The number of nitrogens with two attached hydrogens (primary N) is 2. The van der Waals surface area contributed by atoms with E-state index in [0.29, 0.717) is 25.6 Å². The molecule has 0 radical (unpaired) electrons. The predicted octanol–water partition coefficient (Wildman–Crippen LogP) is 1.87. The second kappa shape index (κ2) is 9.07. The lowest BCUT2D eigenvalue weighted by atomic mass is 9.88. The van der Waals surface area contributed by atoms with Crippen LogP contribution in [0.25, 0.3) is 10.9 Å². The molecule has 2 aliphatic heterocycles. The molecule has 1 spiro atoms. The molecule has 4 heterocycles. The lowest BCUT2D eigenvalue weighted by Crippen LogP contribution is -2.56. The van der Waals surface area contributed by atoms with Gasteiger partial charge in [0, 0.05) is 35.2 Å². The fourth-order valence-electron chi connectivity index (χ4n) is 5.64. The molecule has 3 aromatic rings. The van der Waals surface area contributed by atoms with Crippen molar-refractivity contribution in [3.63, 3.8) is 0 Å². The number of benzene rings is 1. The molecule has 8 N–H and O–H groups in total. The average Bonchev–Trinajstić information content (AvgIpc) is 3.46. The van der Waals surface area contributed by atoms with E-state index in [2.05, 4.69) is 36.6 Å². The quantitative estimate of drug-likeness (QED) is 0.282. The Morgan fingerprint density at radius 3 is 2.76 bits per heavy atom. The number of carbonyl (C=O) groups excluding carboxylic acids is 1. The van der Waals surface area contributed by atoms with Gasteiger partial charge in [-0.3, -0.25) is 9.79 Å². The summed E-state index contributed by atoms with van der Waals surface area (Å²) in [7, 11) is 0. The summed E-state index contributed by atoms with van der Waals surface area (Å²) >= 11 is 5.93. The van der Waals surface area contributed by atoms with Gasteiger partial charge in [0.25, 0.3) is 5.91 Å². The number of fused-ring (bicyclic) bond motifs is 3. The van der Waals surface area contributed by atoms with Crippen molar-refractivity contribution in [3.05, 3.63) is 45.9 Å². The maximum atomic E-state index is 13.4. The summed E-state index contributed by atoms with van der Waals surface area (Å²) in [6.07, 6.45) is 4.78. The third-order valence-electron chi connectivity index (χ3n) is 7.74. The standard InChI is InChI=1S/C25H30ClN9O2/c26-19-21(28)32-20(27)18(31-19)22(36)33-24-29-12-25(34-24)7-9-35(10-8-25)23(37)13-5-6-17-15(11-13)14-3-1-2-4-16(14)30-17/h5-6,11,22,30,36H,1-4,7-10,12H2,(H4,27,28,32)(H2,29,33,34). The fraction of sp³-hybridized carbons (Fsp3) is 0.440. The van der Waals surface area contributed by atoms with E-state index in [1.807, 2.05) is 17.0 Å². The summed E-state index contributed by atoms with van der Waals surface area (Å²) in [6.45, 7) is 1.77. The maximum Gasteiger partial charge on any atom is 0.253 e. The van der Waals surface area contributed by atoms with Gasteiger partial charge in [0.05, 0.1) is 12.1 Å². The van der Waals surface area contributed by atoms with Gasteiger partial charge in [-0.2, -0.15) is 0 Å². The molecule has 1 saturated heterocycles. The van der Waals surface area contributed by atoms with Crippen molar-refractivity contribution in [1.29, 1.82) is 0 Å². The number of nitrogens with one attached hydrogen (secondary N) is 3. The predicted molar refractivity (Wildman–Crippen MR) is 142 cm³/mol. The Hall–Kier alpha value is -3.57. The van der Waals surface area contributed by atoms with Crippen molar-refractivity contribution in [2.75, 3.05) is 31.1 Å². The van der Waals surface area contributed by atoms with Crippen LogP contribution in [0, 0.1) is 0 Å². The molecule has 6 rings (SSSR count). The van der Waals surface area contributed by atoms with Gasteiger partial charge in [-0.25, -0.2) is 9.97 Å². The highest BCUT2D eigenvalue weighted by molar-refractivity contribution is 6.31. The number of amides is 1. The number of H-pyrrole nitrogens is 1. The highest BCUT2D eigenvalue weighted by atomic mass is 35.5. The minimum atomic E-state index is -1.26. The summed E-state index contributed by atoms with van der Waals surface area (Å²) < 4.78 is 0. The molecule has 1 atom stereocenters. The van der Waals surface area contributed by atoms with Gasteiger partial charge in [0.15, 0.2) is 29.0 Å². The van der Waals surface area contributed by atoms with Crippen molar-refractivity contribution in [1.82, 2.24) is 30.5 Å². The Labute approximate surface area is 218 Å². The number of aliphatic hydroxyl groups excluding tert-OH is 1. The van der Waals surface area contributed by atoms with E-state index in [-0.39, 0.29) is 33.9 Å². The number of hydrogen-bond acceptors (Lipinski definition) is 9. The highest BCUT2D eigenvalue weighted by Crippen LogP contribution is 2.31. The molecule has 1 aliphatic carbocycles. The Bertz CT molecular complexity index is 1410. The lowest BCUT2D eigenvalue weighted by Gasteiger charge is -2.39. The van der Waals surface area contributed by atoms with Crippen LogP contribution in [0.5, 0.6) is 0 Å². The van der Waals surface area contributed by atoms with E-state index < -0.39 is 6.23 Å². The number of aromatic amines is 1. The molecule has 0 saturated carbocycles. The Balaban J connectivity index is 1.08. The molecule has 0 bridgehead atoms. The number of halogens is 1. The molecule has 2 aromatic heterocycles. The van der Waals surface area contributed by atoms with E-state index >= 15 is 0 Å². The molecule has 194 valence electrons. The Kier molecular flexibility index (Phi) is 5.84. The minimum Gasteiger partial charge on any atom is -0.382 e. The largest absolute Gasteiger partial charge is 0.382 e. The number of rotatable bonds is 3. The topological polar surface area (TPSA) is 171 Å². The second-order valence-electron chi connectivity index (χ2n) is 10.1. The van der Waals surface area contributed by atoms with Gasteiger partial charge in [0.2, 0.25) is 0 Å². The van der Waals surface area contributed by atoms with Crippen LogP contribution in [-0.4, -0.2) is 62.0 Å². The van der Waals surface area contributed by atoms with Crippen LogP contribution < -0.4 is 22.1 Å². The summed E-state index contributed by atoms with van der Waals surface area (Å²) in [5.74, 6) is 0.480. The number of guanidine groups is 1. The molecule has 37 heavy (non-hydrogen) atoms. The summed E-state index contributed by atoms with van der Waals surface area (Å²) in [5.41, 5.74) is 15.8. The third kappa shape index (κ3) is 4.31. The maximum absolute atomic E-state index is 13.4. The Morgan fingerprint density at radius 2 is 1.95 bits per heavy atom. The van der Waals surface area contributed by atoms with Crippen molar-refractivity contribution >= 4 is 46.0 Å². The highest BCUT2D eigenvalue weighted by Gasteiger charge is 2.40. The molecule has 12 heteroatoms.